The van der Waals surface area contributed by atoms with Crippen molar-refractivity contribution in [3.63, 3.8) is 0 Å². The SMILES string of the molecule is Cc1nc2nc(N(Cc3ccccc3)C(=O)c3ccccc3F)[nH]n2c(=O)c1C. The van der Waals surface area contributed by atoms with Crippen LogP contribution in [0.5, 0.6) is 0 Å². The summed E-state index contributed by atoms with van der Waals surface area (Å²) in [6.45, 7) is 3.53. The average molecular weight is 391 g/mol. The second-order valence-electron chi connectivity index (χ2n) is 6.67. The largest absolute Gasteiger partial charge is 0.277 e. The molecule has 29 heavy (non-hydrogen) atoms. The molecule has 2 aromatic heterocycles. The molecule has 0 fully saturated rings. The number of amides is 1. The van der Waals surface area contributed by atoms with Gasteiger partial charge >= 0.3 is 0 Å². The number of carbonyl (C=O) groups is 1. The average Bonchev–Trinajstić information content (AvgIpc) is 3.14. The maximum Gasteiger partial charge on any atom is 0.277 e. The van der Waals surface area contributed by atoms with E-state index in [0.717, 1.165) is 5.56 Å². The number of fused-ring (bicyclic) bond motifs is 1. The number of halogens is 1. The maximum atomic E-state index is 14.3. The first-order valence-electron chi connectivity index (χ1n) is 9.02. The van der Waals surface area contributed by atoms with Crippen molar-refractivity contribution in [2.45, 2.75) is 20.4 Å². The number of anilines is 1. The van der Waals surface area contributed by atoms with Crippen LogP contribution in [0.15, 0.2) is 59.4 Å². The van der Waals surface area contributed by atoms with Crippen molar-refractivity contribution in [3.05, 3.63) is 93.2 Å². The molecule has 0 atom stereocenters. The Hall–Kier alpha value is -3.81. The van der Waals surface area contributed by atoms with E-state index in [-0.39, 0.29) is 29.4 Å². The molecule has 7 nitrogen and oxygen atoms in total. The molecule has 0 bridgehead atoms. The molecular weight excluding hydrogens is 373 g/mol. The van der Waals surface area contributed by atoms with Crippen LogP contribution >= 0.6 is 0 Å². The maximum absolute atomic E-state index is 14.3. The monoisotopic (exact) mass is 391 g/mol. The molecule has 146 valence electrons. The van der Waals surface area contributed by atoms with Gasteiger partial charge in [-0.05, 0) is 31.5 Å². The number of carbonyl (C=O) groups excluding carboxylic acids is 1. The van der Waals surface area contributed by atoms with Crippen LogP contribution < -0.4 is 10.5 Å². The van der Waals surface area contributed by atoms with Gasteiger partial charge in [0.2, 0.25) is 5.95 Å². The van der Waals surface area contributed by atoms with E-state index in [2.05, 4.69) is 15.1 Å². The van der Waals surface area contributed by atoms with Crippen molar-refractivity contribution in [1.82, 2.24) is 19.6 Å². The second kappa shape index (κ2) is 7.31. The third-order valence-corrected chi connectivity index (χ3v) is 4.74. The van der Waals surface area contributed by atoms with E-state index in [1.807, 2.05) is 30.3 Å². The molecule has 1 N–H and O–H groups in total. The lowest BCUT2D eigenvalue weighted by atomic mass is 10.1. The van der Waals surface area contributed by atoms with E-state index in [4.69, 9.17) is 0 Å². The van der Waals surface area contributed by atoms with Crippen LogP contribution in [-0.2, 0) is 6.54 Å². The zero-order valence-corrected chi connectivity index (χ0v) is 15.9. The molecule has 0 saturated heterocycles. The molecule has 2 aromatic carbocycles. The summed E-state index contributed by atoms with van der Waals surface area (Å²) >= 11 is 0. The molecule has 0 saturated carbocycles. The standard InChI is InChI=1S/C21H18FN5O2/c1-13-14(2)23-20-24-21(25-27(20)18(13)28)26(12-15-8-4-3-5-9-15)19(29)16-10-6-7-11-17(16)22/h3-11H,12H2,1-2H3,(H,23,24,25). The number of hydrogen-bond donors (Lipinski definition) is 1. The van der Waals surface area contributed by atoms with Crippen LogP contribution in [0, 0.1) is 19.7 Å². The summed E-state index contributed by atoms with van der Waals surface area (Å²) in [4.78, 5) is 35.6. The van der Waals surface area contributed by atoms with Crippen LogP contribution in [0.1, 0.15) is 27.2 Å². The number of H-pyrrole nitrogens is 1. The molecule has 2 heterocycles. The van der Waals surface area contributed by atoms with E-state index >= 15 is 0 Å². The Morgan fingerprint density at radius 1 is 1.07 bits per heavy atom. The zero-order valence-electron chi connectivity index (χ0n) is 15.9. The van der Waals surface area contributed by atoms with Crippen LogP contribution in [-0.4, -0.2) is 25.5 Å². The van der Waals surface area contributed by atoms with Gasteiger partial charge in [-0.1, -0.05) is 42.5 Å². The summed E-state index contributed by atoms with van der Waals surface area (Å²) in [6.07, 6.45) is 0. The van der Waals surface area contributed by atoms with Gasteiger partial charge in [-0.3, -0.25) is 19.6 Å². The summed E-state index contributed by atoms with van der Waals surface area (Å²) < 4.78 is 15.5. The van der Waals surface area contributed by atoms with Gasteiger partial charge in [0.05, 0.1) is 12.1 Å². The van der Waals surface area contributed by atoms with Crippen molar-refractivity contribution >= 4 is 17.6 Å². The molecule has 8 heteroatoms. The fourth-order valence-corrected chi connectivity index (χ4v) is 3.00. The van der Waals surface area contributed by atoms with Crippen LogP contribution in [0.4, 0.5) is 10.3 Å². The van der Waals surface area contributed by atoms with Gasteiger partial charge in [0.1, 0.15) is 5.82 Å². The molecule has 0 aliphatic heterocycles. The first-order valence-corrected chi connectivity index (χ1v) is 9.02. The second-order valence-corrected chi connectivity index (χ2v) is 6.67. The third kappa shape index (κ3) is 3.40. The summed E-state index contributed by atoms with van der Waals surface area (Å²) in [5, 5.41) is 2.84. The van der Waals surface area contributed by atoms with Crippen molar-refractivity contribution < 1.29 is 9.18 Å². The number of nitrogens with zero attached hydrogens (tertiary/aromatic N) is 4. The van der Waals surface area contributed by atoms with Gasteiger partial charge in [0.15, 0.2) is 0 Å². The molecule has 0 unspecified atom stereocenters. The Kier molecular flexibility index (Phi) is 4.67. The summed E-state index contributed by atoms with van der Waals surface area (Å²) in [6, 6.07) is 15.0. The van der Waals surface area contributed by atoms with Gasteiger partial charge in [-0.2, -0.15) is 9.50 Å². The minimum absolute atomic E-state index is 0.0865. The number of aryl methyl sites for hydroxylation is 1. The molecule has 0 aliphatic rings. The predicted octanol–water partition coefficient (Wildman–Crippen LogP) is 3.02. The highest BCUT2D eigenvalue weighted by atomic mass is 19.1. The number of hydrogen-bond acceptors (Lipinski definition) is 4. The topological polar surface area (TPSA) is 83.4 Å². The minimum atomic E-state index is -0.631. The molecule has 0 aliphatic carbocycles. The number of aromatic nitrogens is 4. The predicted molar refractivity (Wildman–Crippen MR) is 106 cm³/mol. The van der Waals surface area contributed by atoms with Gasteiger partial charge < -0.3 is 0 Å². The van der Waals surface area contributed by atoms with E-state index in [1.165, 1.54) is 27.6 Å². The number of benzene rings is 2. The summed E-state index contributed by atoms with van der Waals surface area (Å²) in [5.41, 5.74) is 1.47. The Morgan fingerprint density at radius 3 is 2.48 bits per heavy atom. The number of nitrogens with one attached hydrogen (secondary N) is 1. The summed E-state index contributed by atoms with van der Waals surface area (Å²) in [5.74, 6) is -0.953. The molecule has 4 rings (SSSR count). The Balaban J connectivity index is 1.85. The highest BCUT2D eigenvalue weighted by molar-refractivity contribution is 6.05. The molecular formula is C21H18FN5O2. The number of aromatic amines is 1. The van der Waals surface area contributed by atoms with Crippen LogP contribution in [0.3, 0.4) is 0 Å². The molecule has 1 amide bonds. The van der Waals surface area contributed by atoms with Gasteiger partial charge in [0.25, 0.3) is 17.2 Å². The smallest absolute Gasteiger partial charge is 0.272 e. The van der Waals surface area contributed by atoms with E-state index in [0.29, 0.717) is 11.3 Å². The first-order chi connectivity index (χ1) is 14.0. The summed E-state index contributed by atoms with van der Waals surface area (Å²) in [7, 11) is 0. The fraction of sp³-hybridized carbons (Fsp3) is 0.143. The van der Waals surface area contributed by atoms with Gasteiger partial charge in [-0.15, -0.1) is 0 Å². The van der Waals surface area contributed by atoms with Crippen molar-refractivity contribution in [1.29, 1.82) is 0 Å². The van der Waals surface area contributed by atoms with E-state index < -0.39 is 11.7 Å². The van der Waals surface area contributed by atoms with E-state index in [9.17, 15) is 14.0 Å². The lowest BCUT2D eigenvalue weighted by Gasteiger charge is -2.20. The first kappa shape index (κ1) is 18.5. The molecule has 4 aromatic rings. The van der Waals surface area contributed by atoms with Crippen molar-refractivity contribution in [2.24, 2.45) is 0 Å². The molecule has 0 radical (unpaired) electrons. The van der Waals surface area contributed by atoms with Crippen LogP contribution in [0.2, 0.25) is 0 Å². The van der Waals surface area contributed by atoms with E-state index in [1.54, 1.807) is 19.9 Å². The quantitative estimate of drug-likeness (QED) is 0.580. The third-order valence-electron chi connectivity index (χ3n) is 4.74. The Bertz CT molecular complexity index is 1260. The normalized spacial score (nSPS) is 11.0. The van der Waals surface area contributed by atoms with Gasteiger partial charge in [0, 0.05) is 11.3 Å². The lowest BCUT2D eigenvalue weighted by molar-refractivity contribution is 0.0979. The minimum Gasteiger partial charge on any atom is -0.272 e. The zero-order chi connectivity index (χ0) is 20.5. The Labute approximate surface area is 165 Å². The van der Waals surface area contributed by atoms with Gasteiger partial charge in [-0.25, -0.2) is 9.37 Å². The molecule has 0 spiro atoms. The highest BCUT2D eigenvalue weighted by Gasteiger charge is 2.24. The highest BCUT2D eigenvalue weighted by Crippen LogP contribution is 2.19. The fourth-order valence-electron chi connectivity index (χ4n) is 3.00. The lowest BCUT2D eigenvalue weighted by Crippen LogP contribution is -2.32. The Morgan fingerprint density at radius 2 is 1.76 bits per heavy atom. The number of rotatable bonds is 4. The van der Waals surface area contributed by atoms with Crippen molar-refractivity contribution in [2.75, 3.05) is 4.90 Å². The van der Waals surface area contributed by atoms with Crippen molar-refractivity contribution in [3.8, 4) is 0 Å². The van der Waals surface area contributed by atoms with Crippen LogP contribution in [0.25, 0.3) is 5.78 Å².